The van der Waals surface area contributed by atoms with Crippen molar-refractivity contribution in [2.45, 2.75) is 45.3 Å². The highest BCUT2D eigenvalue weighted by Crippen LogP contribution is 2.29. The number of aromatic nitrogens is 2. The number of amides is 1. The Kier molecular flexibility index (Phi) is 4.71. The summed E-state index contributed by atoms with van der Waals surface area (Å²) in [5.74, 6) is 0.0425. The first-order chi connectivity index (χ1) is 11.5. The fraction of sp³-hybridized carbons (Fsp3) is 0.474. The molecular formula is C19H25N3O2. The van der Waals surface area contributed by atoms with E-state index in [0.29, 0.717) is 12.0 Å². The van der Waals surface area contributed by atoms with E-state index in [1.165, 1.54) is 0 Å². The maximum atomic E-state index is 13.0. The van der Waals surface area contributed by atoms with Crippen molar-refractivity contribution in [3.63, 3.8) is 0 Å². The van der Waals surface area contributed by atoms with Gasteiger partial charge in [0.15, 0.2) is 0 Å². The Morgan fingerprint density at radius 2 is 2.04 bits per heavy atom. The molecule has 3 rings (SSSR count). The Morgan fingerprint density at radius 3 is 2.67 bits per heavy atom. The molecule has 0 bridgehead atoms. The van der Waals surface area contributed by atoms with Crippen LogP contribution in [0.25, 0.3) is 0 Å². The van der Waals surface area contributed by atoms with Crippen molar-refractivity contribution >= 4 is 5.91 Å². The van der Waals surface area contributed by atoms with Crippen LogP contribution in [0, 0.1) is 13.8 Å². The minimum atomic E-state index is -0.541. The molecule has 24 heavy (non-hydrogen) atoms. The Balaban J connectivity index is 1.77. The molecule has 5 heteroatoms. The van der Waals surface area contributed by atoms with E-state index in [9.17, 15) is 9.90 Å². The molecule has 1 aromatic carbocycles. The summed E-state index contributed by atoms with van der Waals surface area (Å²) in [7, 11) is 1.86. The summed E-state index contributed by atoms with van der Waals surface area (Å²) < 4.78 is 1.76. The Hall–Kier alpha value is -2.14. The normalized spacial score (nSPS) is 18.8. The molecule has 0 spiro atoms. The molecule has 0 radical (unpaired) electrons. The Labute approximate surface area is 142 Å². The van der Waals surface area contributed by atoms with E-state index in [1.807, 2.05) is 56.1 Å². The second-order valence-electron chi connectivity index (χ2n) is 6.63. The van der Waals surface area contributed by atoms with Gasteiger partial charge in [0, 0.05) is 25.3 Å². The van der Waals surface area contributed by atoms with Gasteiger partial charge < -0.3 is 10.0 Å². The van der Waals surface area contributed by atoms with Crippen LogP contribution in [0.4, 0.5) is 0 Å². The lowest BCUT2D eigenvalue weighted by Gasteiger charge is -2.27. The highest BCUT2D eigenvalue weighted by atomic mass is 16.3. The fourth-order valence-corrected chi connectivity index (χ4v) is 3.64. The zero-order valence-corrected chi connectivity index (χ0v) is 14.6. The number of benzene rings is 1. The molecule has 0 saturated carbocycles. The van der Waals surface area contributed by atoms with Crippen molar-refractivity contribution in [1.29, 1.82) is 0 Å². The molecule has 1 amide bonds. The molecule has 2 atom stereocenters. The molecule has 1 fully saturated rings. The van der Waals surface area contributed by atoms with E-state index in [4.69, 9.17) is 0 Å². The second kappa shape index (κ2) is 6.77. The minimum Gasteiger partial charge on any atom is -0.388 e. The number of aliphatic hydroxyl groups is 1. The summed E-state index contributed by atoms with van der Waals surface area (Å²) in [6.45, 7) is 4.56. The van der Waals surface area contributed by atoms with Crippen LogP contribution in [0.2, 0.25) is 0 Å². The van der Waals surface area contributed by atoms with Crippen LogP contribution >= 0.6 is 0 Å². The lowest BCUT2D eigenvalue weighted by atomic mass is 10.00. The first-order valence-corrected chi connectivity index (χ1v) is 8.53. The summed E-state index contributed by atoms with van der Waals surface area (Å²) in [5, 5.41) is 14.9. The van der Waals surface area contributed by atoms with E-state index < -0.39 is 6.10 Å². The quantitative estimate of drug-likeness (QED) is 0.939. The minimum absolute atomic E-state index is 0.0425. The van der Waals surface area contributed by atoms with Crippen LogP contribution in [0.15, 0.2) is 30.3 Å². The zero-order valence-electron chi connectivity index (χ0n) is 14.6. The SMILES string of the molecule is Cc1nn(C)c(C)c1C(=O)N1CCCC1CC(O)c1ccccc1. The van der Waals surface area contributed by atoms with Crippen LogP contribution in [0.3, 0.4) is 0 Å². The number of nitrogens with zero attached hydrogens (tertiary/aromatic N) is 3. The van der Waals surface area contributed by atoms with Crippen molar-refractivity contribution in [2.75, 3.05) is 6.54 Å². The number of rotatable bonds is 4. The van der Waals surface area contributed by atoms with Crippen LogP contribution in [-0.4, -0.2) is 38.3 Å². The molecular weight excluding hydrogens is 302 g/mol. The molecule has 1 aromatic heterocycles. The van der Waals surface area contributed by atoms with Crippen molar-refractivity contribution < 1.29 is 9.90 Å². The summed E-state index contributed by atoms with van der Waals surface area (Å²) in [6, 6.07) is 9.74. The van der Waals surface area contributed by atoms with Crippen LogP contribution in [0.1, 0.15) is 52.7 Å². The first-order valence-electron chi connectivity index (χ1n) is 8.53. The third kappa shape index (κ3) is 3.08. The molecule has 5 nitrogen and oxygen atoms in total. The molecule has 1 saturated heterocycles. The summed E-state index contributed by atoms with van der Waals surface area (Å²) in [5.41, 5.74) is 3.28. The van der Waals surface area contributed by atoms with Gasteiger partial charge in [-0.3, -0.25) is 9.48 Å². The smallest absolute Gasteiger partial charge is 0.257 e. The standard InChI is InChI=1S/C19H25N3O2/c1-13-18(14(2)21(3)20-13)19(24)22-11-7-10-16(22)12-17(23)15-8-5-4-6-9-15/h4-6,8-9,16-17,23H,7,10-12H2,1-3H3. The van der Waals surface area contributed by atoms with E-state index in [-0.39, 0.29) is 11.9 Å². The Morgan fingerprint density at radius 1 is 1.33 bits per heavy atom. The number of aryl methyl sites for hydroxylation is 2. The molecule has 1 aliphatic heterocycles. The highest BCUT2D eigenvalue weighted by molar-refractivity contribution is 5.96. The zero-order chi connectivity index (χ0) is 17.3. The Bertz CT molecular complexity index is 724. The largest absolute Gasteiger partial charge is 0.388 e. The van der Waals surface area contributed by atoms with E-state index in [1.54, 1.807) is 4.68 Å². The van der Waals surface area contributed by atoms with Gasteiger partial charge in [-0.05, 0) is 38.7 Å². The van der Waals surface area contributed by atoms with Gasteiger partial charge in [0.25, 0.3) is 5.91 Å². The average Bonchev–Trinajstić information content (AvgIpc) is 3.12. The maximum Gasteiger partial charge on any atom is 0.257 e. The van der Waals surface area contributed by atoms with Gasteiger partial charge in [0.1, 0.15) is 0 Å². The molecule has 0 aliphatic carbocycles. The van der Waals surface area contributed by atoms with Crippen molar-refractivity contribution in [3.05, 3.63) is 52.8 Å². The highest BCUT2D eigenvalue weighted by Gasteiger charge is 2.33. The van der Waals surface area contributed by atoms with Crippen molar-refractivity contribution in [2.24, 2.45) is 7.05 Å². The van der Waals surface area contributed by atoms with Crippen molar-refractivity contribution in [3.8, 4) is 0 Å². The van der Waals surface area contributed by atoms with Crippen molar-refractivity contribution in [1.82, 2.24) is 14.7 Å². The molecule has 1 aliphatic rings. The monoisotopic (exact) mass is 327 g/mol. The molecule has 2 unspecified atom stereocenters. The van der Waals surface area contributed by atoms with Gasteiger partial charge >= 0.3 is 0 Å². The number of hydrogen-bond donors (Lipinski definition) is 1. The predicted molar refractivity (Wildman–Crippen MR) is 92.8 cm³/mol. The topological polar surface area (TPSA) is 58.4 Å². The third-order valence-electron chi connectivity index (χ3n) is 5.04. The van der Waals surface area contributed by atoms with Crippen LogP contribution < -0.4 is 0 Å². The van der Waals surface area contributed by atoms with Gasteiger partial charge in [0.05, 0.1) is 17.4 Å². The summed E-state index contributed by atoms with van der Waals surface area (Å²) >= 11 is 0. The summed E-state index contributed by atoms with van der Waals surface area (Å²) in [4.78, 5) is 14.9. The van der Waals surface area contributed by atoms with Crippen LogP contribution in [0.5, 0.6) is 0 Å². The van der Waals surface area contributed by atoms with Gasteiger partial charge in [-0.15, -0.1) is 0 Å². The fourth-order valence-electron chi connectivity index (χ4n) is 3.64. The van der Waals surface area contributed by atoms with Gasteiger partial charge in [-0.2, -0.15) is 5.10 Å². The van der Waals surface area contributed by atoms with Gasteiger partial charge in [-0.25, -0.2) is 0 Å². The number of carbonyl (C=O) groups excluding carboxylic acids is 1. The molecule has 128 valence electrons. The number of carbonyl (C=O) groups is 1. The number of likely N-dealkylation sites (tertiary alicyclic amines) is 1. The molecule has 2 aromatic rings. The summed E-state index contributed by atoms with van der Waals surface area (Å²) in [6.07, 6.45) is 1.96. The molecule has 2 heterocycles. The van der Waals surface area contributed by atoms with E-state index >= 15 is 0 Å². The van der Waals surface area contributed by atoms with Gasteiger partial charge in [0.2, 0.25) is 0 Å². The average molecular weight is 327 g/mol. The molecule has 1 N–H and O–H groups in total. The van der Waals surface area contributed by atoms with Crippen LogP contribution in [-0.2, 0) is 7.05 Å². The second-order valence-corrected chi connectivity index (χ2v) is 6.63. The maximum absolute atomic E-state index is 13.0. The lowest BCUT2D eigenvalue weighted by Crippen LogP contribution is -2.37. The van der Waals surface area contributed by atoms with Gasteiger partial charge in [-0.1, -0.05) is 30.3 Å². The van der Waals surface area contributed by atoms with E-state index in [0.717, 1.165) is 36.3 Å². The predicted octanol–water partition coefficient (Wildman–Crippen LogP) is 2.77. The lowest BCUT2D eigenvalue weighted by molar-refractivity contribution is 0.0665. The van der Waals surface area contributed by atoms with E-state index in [2.05, 4.69) is 5.10 Å². The number of aliphatic hydroxyl groups excluding tert-OH is 1. The first kappa shape index (κ1) is 16.7. The third-order valence-corrected chi connectivity index (χ3v) is 5.04. The number of hydrogen-bond acceptors (Lipinski definition) is 3.